The van der Waals surface area contributed by atoms with Gasteiger partial charge in [-0.05, 0) is 62.4 Å². The Kier molecular flexibility index (Phi) is 8.83. The highest BCUT2D eigenvalue weighted by Crippen LogP contribution is 2.25. The number of carbonyl (C=O) groups is 2. The van der Waals surface area contributed by atoms with Crippen LogP contribution in [0.1, 0.15) is 23.0 Å². The van der Waals surface area contributed by atoms with Crippen LogP contribution < -0.4 is 15.6 Å². The third-order valence-corrected chi connectivity index (χ3v) is 8.16. The van der Waals surface area contributed by atoms with Crippen molar-refractivity contribution in [3.63, 3.8) is 0 Å². The number of para-hydroxylation sites is 1. The molecule has 1 aromatic heterocycles. The monoisotopic (exact) mass is 636 g/mol. The van der Waals surface area contributed by atoms with Crippen molar-refractivity contribution in [2.24, 2.45) is 7.05 Å². The average Bonchev–Trinajstić information content (AvgIpc) is 3.11. The number of sulfonamides is 1. The van der Waals surface area contributed by atoms with E-state index in [9.17, 15) is 22.8 Å². The Labute approximate surface area is 250 Å². The number of benzene rings is 3. The molecule has 0 spiro atoms. The summed E-state index contributed by atoms with van der Waals surface area (Å²) >= 11 is 18.1. The van der Waals surface area contributed by atoms with E-state index in [2.05, 4.69) is 10.0 Å². The third-order valence-electron chi connectivity index (χ3n) is 6.04. The van der Waals surface area contributed by atoms with Crippen LogP contribution in [0.3, 0.4) is 0 Å². The number of carbonyl (C=O) groups excluding carboxylic acids is 2. The lowest BCUT2D eigenvalue weighted by Crippen LogP contribution is -2.30. The molecule has 3 aromatic carbocycles. The minimum absolute atomic E-state index is 0.106. The summed E-state index contributed by atoms with van der Waals surface area (Å²) in [6.45, 7) is 2.92. The number of ether oxygens (including phenoxy) is 1. The second-order valence-corrected chi connectivity index (χ2v) is 11.8. The van der Waals surface area contributed by atoms with Gasteiger partial charge >= 0.3 is 5.97 Å². The second kappa shape index (κ2) is 12.0. The van der Waals surface area contributed by atoms with Crippen molar-refractivity contribution in [1.82, 2.24) is 9.36 Å². The molecule has 0 aliphatic rings. The van der Waals surface area contributed by atoms with Crippen LogP contribution in [0.5, 0.6) is 0 Å². The van der Waals surface area contributed by atoms with E-state index in [4.69, 9.17) is 39.5 Å². The topological polar surface area (TPSA) is 128 Å². The summed E-state index contributed by atoms with van der Waals surface area (Å²) in [6.07, 6.45) is -1.29. The Morgan fingerprint density at radius 1 is 0.951 bits per heavy atom. The minimum Gasteiger partial charge on any atom is -0.449 e. The molecule has 0 aliphatic heterocycles. The number of rotatable bonds is 8. The van der Waals surface area contributed by atoms with Crippen LogP contribution in [-0.4, -0.2) is 35.8 Å². The fourth-order valence-corrected chi connectivity index (χ4v) is 5.72. The summed E-state index contributed by atoms with van der Waals surface area (Å²) in [7, 11) is -2.74. The van der Waals surface area contributed by atoms with Crippen LogP contribution in [0.25, 0.3) is 5.69 Å². The SMILES string of the molecule is Cc1c(NS(=O)(=O)c2ccc(Cl)c(C(=O)OC(C)C(=O)Nc3cc(Cl)cc(Cl)c3)c2)c(=O)n(-c2ccccc2)n1C. The Bertz CT molecular complexity index is 1800. The molecule has 4 rings (SSSR count). The van der Waals surface area contributed by atoms with Crippen LogP contribution in [0.4, 0.5) is 11.4 Å². The molecule has 0 radical (unpaired) electrons. The molecule has 0 aliphatic carbocycles. The molecule has 14 heteroatoms. The fraction of sp³-hybridized carbons (Fsp3) is 0.148. The van der Waals surface area contributed by atoms with E-state index < -0.39 is 33.6 Å². The van der Waals surface area contributed by atoms with Gasteiger partial charge in [0.05, 0.1) is 26.9 Å². The number of hydrogen-bond acceptors (Lipinski definition) is 6. The number of halogens is 3. The summed E-state index contributed by atoms with van der Waals surface area (Å²) in [5, 5.41) is 3.01. The first-order chi connectivity index (χ1) is 19.3. The number of nitrogens with one attached hydrogen (secondary N) is 2. The van der Waals surface area contributed by atoms with Crippen molar-refractivity contribution >= 4 is 68.1 Å². The molecule has 1 heterocycles. The molecule has 0 fully saturated rings. The second-order valence-electron chi connectivity index (χ2n) is 8.88. The van der Waals surface area contributed by atoms with Gasteiger partial charge in [0, 0.05) is 22.8 Å². The van der Waals surface area contributed by atoms with Crippen molar-refractivity contribution < 1.29 is 22.7 Å². The highest BCUT2D eigenvalue weighted by molar-refractivity contribution is 7.92. The molecular weight excluding hydrogens is 615 g/mol. The lowest BCUT2D eigenvalue weighted by molar-refractivity contribution is -0.123. The van der Waals surface area contributed by atoms with Gasteiger partial charge in [0.2, 0.25) is 0 Å². The standard InChI is InChI=1S/C27H23Cl3N4O6S/c1-15-24(26(36)34(33(15)3)20-7-5-4-6-8-20)32-41(38,39)21-9-10-23(30)22(14-21)27(37)40-16(2)25(35)31-19-12-17(28)11-18(29)13-19/h4-14,16,32H,1-3H3,(H,31,35). The predicted octanol–water partition coefficient (Wildman–Crippen LogP) is 5.43. The Hall–Kier alpha value is -3.77. The predicted molar refractivity (Wildman–Crippen MR) is 158 cm³/mol. The summed E-state index contributed by atoms with van der Waals surface area (Å²) < 4.78 is 37.0. The van der Waals surface area contributed by atoms with Gasteiger partial charge in [0.15, 0.2) is 6.10 Å². The van der Waals surface area contributed by atoms with Crippen LogP contribution in [0.15, 0.2) is 76.4 Å². The number of anilines is 2. The number of hydrogen-bond donors (Lipinski definition) is 2. The van der Waals surface area contributed by atoms with Gasteiger partial charge in [-0.2, -0.15) is 0 Å². The lowest BCUT2D eigenvalue weighted by atomic mass is 10.2. The zero-order chi connectivity index (χ0) is 30.1. The van der Waals surface area contributed by atoms with Gasteiger partial charge in [-0.1, -0.05) is 53.0 Å². The van der Waals surface area contributed by atoms with E-state index >= 15 is 0 Å². The summed E-state index contributed by atoms with van der Waals surface area (Å²) in [5.74, 6) is -1.73. The minimum atomic E-state index is -4.36. The largest absolute Gasteiger partial charge is 0.449 e. The number of amides is 1. The van der Waals surface area contributed by atoms with Crippen molar-refractivity contribution in [3.8, 4) is 5.69 Å². The summed E-state index contributed by atoms with van der Waals surface area (Å²) in [4.78, 5) is 38.3. The van der Waals surface area contributed by atoms with Gasteiger partial charge in [-0.15, -0.1) is 0 Å². The van der Waals surface area contributed by atoms with Crippen molar-refractivity contribution in [2.75, 3.05) is 10.0 Å². The number of nitrogens with zero attached hydrogens (tertiary/aromatic N) is 2. The first kappa shape index (κ1) is 30.2. The van der Waals surface area contributed by atoms with E-state index in [0.29, 0.717) is 21.4 Å². The molecule has 1 amide bonds. The molecular formula is C27H23Cl3N4O6S. The highest BCUT2D eigenvalue weighted by Gasteiger charge is 2.26. The third kappa shape index (κ3) is 6.59. The van der Waals surface area contributed by atoms with Gasteiger partial charge in [0.25, 0.3) is 21.5 Å². The zero-order valence-corrected chi connectivity index (χ0v) is 24.9. The normalized spacial score (nSPS) is 12.0. The van der Waals surface area contributed by atoms with Gasteiger partial charge in [-0.3, -0.25) is 19.0 Å². The number of esters is 1. The van der Waals surface area contributed by atoms with Crippen molar-refractivity contribution in [1.29, 1.82) is 0 Å². The van der Waals surface area contributed by atoms with E-state index in [1.54, 1.807) is 44.3 Å². The molecule has 214 valence electrons. The summed E-state index contributed by atoms with van der Waals surface area (Å²) in [6, 6.07) is 16.5. The Morgan fingerprint density at radius 2 is 1.59 bits per heavy atom. The van der Waals surface area contributed by atoms with E-state index in [-0.39, 0.29) is 26.9 Å². The molecule has 4 aromatic rings. The molecule has 0 saturated carbocycles. The van der Waals surface area contributed by atoms with Gasteiger partial charge < -0.3 is 10.1 Å². The first-order valence-corrected chi connectivity index (χ1v) is 14.5. The Balaban J connectivity index is 1.56. The maximum absolute atomic E-state index is 13.3. The molecule has 41 heavy (non-hydrogen) atoms. The number of aromatic nitrogens is 2. The summed E-state index contributed by atoms with van der Waals surface area (Å²) in [5.41, 5.74) is 0.135. The van der Waals surface area contributed by atoms with Crippen LogP contribution in [0, 0.1) is 6.92 Å². The smallest absolute Gasteiger partial charge is 0.340 e. The molecule has 0 bridgehead atoms. The fourth-order valence-electron chi connectivity index (χ4n) is 3.85. The van der Waals surface area contributed by atoms with E-state index in [0.717, 1.165) is 6.07 Å². The van der Waals surface area contributed by atoms with Crippen molar-refractivity contribution in [3.05, 3.63) is 103 Å². The van der Waals surface area contributed by atoms with Crippen LogP contribution in [0.2, 0.25) is 15.1 Å². The maximum atomic E-state index is 13.3. The molecule has 0 saturated heterocycles. The highest BCUT2D eigenvalue weighted by atomic mass is 35.5. The Morgan fingerprint density at radius 3 is 2.22 bits per heavy atom. The van der Waals surface area contributed by atoms with Gasteiger partial charge in [0.1, 0.15) is 5.69 Å². The average molecular weight is 638 g/mol. The first-order valence-electron chi connectivity index (χ1n) is 11.9. The maximum Gasteiger partial charge on any atom is 0.340 e. The van der Waals surface area contributed by atoms with Gasteiger partial charge in [-0.25, -0.2) is 17.9 Å². The molecule has 2 N–H and O–H groups in total. The quantitative estimate of drug-likeness (QED) is 0.248. The molecule has 1 atom stereocenters. The molecule has 10 nitrogen and oxygen atoms in total. The van der Waals surface area contributed by atoms with Crippen LogP contribution in [-0.2, 0) is 26.6 Å². The van der Waals surface area contributed by atoms with E-state index in [1.165, 1.54) is 46.6 Å². The zero-order valence-electron chi connectivity index (χ0n) is 21.8. The molecule has 1 unspecified atom stereocenters. The van der Waals surface area contributed by atoms with Crippen LogP contribution >= 0.6 is 34.8 Å². The van der Waals surface area contributed by atoms with E-state index in [1.807, 2.05) is 0 Å². The lowest BCUT2D eigenvalue weighted by Gasteiger charge is -2.15. The van der Waals surface area contributed by atoms with Crippen molar-refractivity contribution in [2.45, 2.75) is 24.8 Å².